The number of hydrogen-bond donors (Lipinski definition) is 0. The van der Waals surface area contributed by atoms with Gasteiger partial charge in [-0.05, 0) is 30.7 Å². The first-order chi connectivity index (χ1) is 14.1. The third-order valence-electron chi connectivity index (χ3n) is 4.76. The molecule has 0 saturated carbocycles. The maximum atomic E-state index is 12.3. The fourth-order valence-corrected chi connectivity index (χ4v) is 4.29. The number of benzene rings is 2. The van der Waals surface area contributed by atoms with Gasteiger partial charge >= 0.3 is 5.97 Å². The zero-order chi connectivity index (χ0) is 20.4. The van der Waals surface area contributed by atoms with E-state index >= 15 is 0 Å². The number of anilines is 1. The van der Waals surface area contributed by atoms with Crippen LogP contribution in [0.25, 0.3) is 0 Å². The molecule has 0 aromatic heterocycles. The number of amides is 3. The highest BCUT2D eigenvalue weighted by atomic mass is 32.2. The average Bonchev–Trinajstić information content (AvgIpc) is 2.98. The van der Waals surface area contributed by atoms with Crippen LogP contribution in [0.1, 0.15) is 27.1 Å². The van der Waals surface area contributed by atoms with E-state index in [0.717, 1.165) is 4.90 Å². The normalized spacial score (nSPS) is 15.4. The van der Waals surface area contributed by atoms with Crippen LogP contribution >= 0.6 is 11.8 Å². The lowest BCUT2D eigenvalue weighted by atomic mass is 10.1. The first-order valence-corrected chi connectivity index (χ1v) is 10.2. The van der Waals surface area contributed by atoms with Crippen molar-refractivity contribution in [1.82, 2.24) is 4.90 Å². The Morgan fingerprint density at radius 3 is 2.31 bits per heavy atom. The van der Waals surface area contributed by atoms with Crippen molar-refractivity contribution >= 4 is 41.1 Å². The van der Waals surface area contributed by atoms with Crippen molar-refractivity contribution in [2.24, 2.45) is 0 Å². The molecule has 2 aliphatic rings. The summed E-state index contributed by atoms with van der Waals surface area (Å²) >= 11 is 1.45. The Hall–Kier alpha value is -3.13. The van der Waals surface area contributed by atoms with Crippen molar-refractivity contribution < 1.29 is 23.9 Å². The minimum Gasteiger partial charge on any atom is -0.464 e. The molecule has 0 radical (unpaired) electrons. The van der Waals surface area contributed by atoms with Crippen LogP contribution in [0.2, 0.25) is 0 Å². The van der Waals surface area contributed by atoms with Crippen molar-refractivity contribution in [2.75, 3.05) is 30.3 Å². The lowest BCUT2D eigenvalue weighted by Gasteiger charge is -2.28. The first kappa shape index (κ1) is 19.2. The molecule has 0 N–H and O–H groups in total. The average molecular weight is 410 g/mol. The SMILES string of the molecule is O=C(CN1C(=O)CSc2ccccc21)OCCCN1C(=O)c2ccccc2C1=O. The Labute approximate surface area is 171 Å². The number of esters is 1. The monoisotopic (exact) mass is 410 g/mol. The van der Waals surface area contributed by atoms with E-state index in [9.17, 15) is 19.2 Å². The van der Waals surface area contributed by atoms with Crippen LogP contribution in [-0.4, -0.2) is 54.0 Å². The molecule has 8 heteroatoms. The lowest BCUT2D eigenvalue weighted by Crippen LogP contribution is -2.40. The summed E-state index contributed by atoms with van der Waals surface area (Å²) in [6.07, 6.45) is 0.331. The molecule has 3 amide bonds. The van der Waals surface area contributed by atoms with Gasteiger partial charge in [0.25, 0.3) is 11.8 Å². The van der Waals surface area contributed by atoms with Gasteiger partial charge < -0.3 is 4.74 Å². The van der Waals surface area contributed by atoms with Crippen LogP contribution in [0.15, 0.2) is 53.4 Å². The Balaban J connectivity index is 1.28. The standard InChI is InChI=1S/C21H18N2O5S/c24-18-13-29-17-9-4-3-8-16(17)23(18)12-19(25)28-11-5-10-22-20(26)14-6-1-2-7-15(14)21(22)27/h1-4,6-9H,5,10-13H2. The minimum absolute atomic E-state index is 0.0602. The first-order valence-electron chi connectivity index (χ1n) is 9.19. The van der Waals surface area contributed by atoms with Crippen LogP contribution in [0, 0.1) is 0 Å². The lowest BCUT2D eigenvalue weighted by molar-refractivity contribution is -0.142. The molecule has 2 aromatic carbocycles. The van der Waals surface area contributed by atoms with Gasteiger partial charge in [-0.3, -0.25) is 29.0 Å². The van der Waals surface area contributed by atoms with Crippen LogP contribution in [0.5, 0.6) is 0 Å². The summed E-state index contributed by atoms with van der Waals surface area (Å²) in [5.74, 6) is -1.04. The number of ether oxygens (including phenoxy) is 1. The zero-order valence-electron chi connectivity index (χ0n) is 15.5. The predicted molar refractivity (Wildman–Crippen MR) is 107 cm³/mol. The number of fused-ring (bicyclic) bond motifs is 2. The number of para-hydroxylation sites is 1. The van der Waals surface area contributed by atoms with Gasteiger partial charge in [0, 0.05) is 11.4 Å². The summed E-state index contributed by atoms with van der Waals surface area (Å²) in [6.45, 7) is 0.0653. The Bertz CT molecular complexity index is 971. The van der Waals surface area contributed by atoms with Crippen molar-refractivity contribution in [1.29, 1.82) is 0 Å². The van der Waals surface area contributed by atoms with E-state index < -0.39 is 5.97 Å². The summed E-state index contributed by atoms with van der Waals surface area (Å²) in [4.78, 5) is 52.5. The number of nitrogens with zero attached hydrogens (tertiary/aromatic N) is 2. The molecule has 4 rings (SSSR count). The largest absolute Gasteiger partial charge is 0.464 e. The summed E-state index contributed by atoms with van der Waals surface area (Å²) in [5.41, 5.74) is 1.50. The van der Waals surface area contributed by atoms with Crippen molar-refractivity contribution in [3.63, 3.8) is 0 Å². The molecular weight excluding hydrogens is 392 g/mol. The Morgan fingerprint density at radius 2 is 1.59 bits per heavy atom. The number of carbonyl (C=O) groups is 4. The predicted octanol–water partition coefficient (Wildman–Crippen LogP) is 2.35. The van der Waals surface area contributed by atoms with Crippen LogP contribution in [0.3, 0.4) is 0 Å². The zero-order valence-corrected chi connectivity index (χ0v) is 16.3. The third kappa shape index (κ3) is 3.75. The van der Waals surface area contributed by atoms with Gasteiger partial charge in [0.1, 0.15) is 6.54 Å². The van der Waals surface area contributed by atoms with E-state index in [1.807, 2.05) is 18.2 Å². The van der Waals surface area contributed by atoms with Crippen molar-refractivity contribution in [3.05, 3.63) is 59.7 Å². The van der Waals surface area contributed by atoms with Gasteiger partial charge in [-0.25, -0.2) is 0 Å². The molecule has 2 aliphatic heterocycles. The van der Waals surface area contributed by atoms with E-state index in [1.165, 1.54) is 21.6 Å². The molecule has 0 unspecified atom stereocenters. The van der Waals surface area contributed by atoms with Gasteiger partial charge in [-0.2, -0.15) is 0 Å². The molecule has 2 aromatic rings. The minimum atomic E-state index is -0.526. The molecule has 0 saturated heterocycles. The maximum absolute atomic E-state index is 12.3. The molecule has 0 fully saturated rings. The fourth-order valence-electron chi connectivity index (χ4n) is 3.35. The molecule has 148 valence electrons. The summed E-state index contributed by atoms with van der Waals surface area (Å²) in [6, 6.07) is 14.1. The second-order valence-electron chi connectivity index (χ2n) is 6.62. The maximum Gasteiger partial charge on any atom is 0.326 e. The van der Waals surface area contributed by atoms with Gasteiger partial charge in [-0.15, -0.1) is 11.8 Å². The summed E-state index contributed by atoms with van der Waals surface area (Å²) < 4.78 is 5.23. The number of imide groups is 1. The number of rotatable bonds is 6. The molecular formula is C21H18N2O5S. The van der Waals surface area contributed by atoms with E-state index in [1.54, 1.807) is 30.3 Å². The topological polar surface area (TPSA) is 84.0 Å². The molecule has 0 aliphatic carbocycles. The van der Waals surface area contributed by atoms with Crippen molar-refractivity contribution in [3.8, 4) is 0 Å². The van der Waals surface area contributed by atoms with Gasteiger partial charge in [0.15, 0.2) is 0 Å². The Kier molecular flexibility index (Phi) is 5.35. The number of carbonyl (C=O) groups excluding carboxylic acids is 4. The van der Waals surface area contributed by atoms with Gasteiger partial charge in [0.05, 0.1) is 29.2 Å². The van der Waals surface area contributed by atoms with E-state index in [-0.39, 0.29) is 43.2 Å². The van der Waals surface area contributed by atoms with Crippen LogP contribution < -0.4 is 4.90 Å². The van der Waals surface area contributed by atoms with Crippen LogP contribution in [0.4, 0.5) is 5.69 Å². The van der Waals surface area contributed by atoms with Gasteiger partial charge in [-0.1, -0.05) is 24.3 Å². The third-order valence-corrected chi connectivity index (χ3v) is 5.81. The van der Waals surface area contributed by atoms with Gasteiger partial charge in [0.2, 0.25) is 5.91 Å². The Morgan fingerprint density at radius 1 is 0.931 bits per heavy atom. The molecule has 0 spiro atoms. The summed E-state index contributed by atoms with van der Waals surface area (Å²) in [7, 11) is 0. The molecule has 0 atom stereocenters. The fraction of sp³-hybridized carbons (Fsp3) is 0.238. The van der Waals surface area contributed by atoms with Crippen LogP contribution in [-0.2, 0) is 14.3 Å². The molecule has 2 heterocycles. The van der Waals surface area contributed by atoms with E-state index in [4.69, 9.17) is 4.74 Å². The highest BCUT2D eigenvalue weighted by Gasteiger charge is 2.34. The molecule has 7 nitrogen and oxygen atoms in total. The quantitative estimate of drug-likeness (QED) is 0.413. The van der Waals surface area contributed by atoms with Crippen molar-refractivity contribution in [2.45, 2.75) is 11.3 Å². The smallest absolute Gasteiger partial charge is 0.326 e. The highest BCUT2D eigenvalue weighted by molar-refractivity contribution is 8.00. The van der Waals surface area contributed by atoms with E-state index in [0.29, 0.717) is 23.2 Å². The number of hydrogen-bond acceptors (Lipinski definition) is 6. The number of thioether (sulfide) groups is 1. The molecule has 29 heavy (non-hydrogen) atoms. The van der Waals surface area contributed by atoms with E-state index in [2.05, 4.69) is 0 Å². The second-order valence-corrected chi connectivity index (χ2v) is 7.64. The summed E-state index contributed by atoms with van der Waals surface area (Å²) in [5, 5.41) is 0. The molecule has 0 bridgehead atoms. The highest BCUT2D eigenvalue weighted by Crippen LogP contribution is 2.34. The second kappa shape index (κ2) is 8.08.